The molecular weight excluding hydrogens is 304 g/mol. The van der Waals surface area contributed by atoms with Crippen molar-refractivity contribution in [3.05, 3.63) is 65.9 Å². The molecule has 0 radical (unpaired) electrons. The standard InChI is InChI=1S/C18H20N4O2/c23-17(22-24)9-7-14-6-8-16(20-12-14)21-18(10-11-19-13-18)15-4-2-1-3-5-15/h1-9,12,19,24H,10-11,13H2,(H,20,21)(H,22,23)/b9-7+/t18-/m0/s1. The van der Waals surface area contributed by atoms with Crippen molar-refractivity contribution in [3.63, 3.8) is 0 Å². The Bertz CT molecular complexity index is 708. The van der Waals surface area contributed by atoms with E-state index in [1.165, 1.54) is 11.6 Å². The highest BCUT2D eigenvalue weighted by molar-refractivity contribution is 5.90. The molecule has 1 atom stereocenters. The van der Waals surface area contributed by atoms with Crippen LogP contribution >= 0.6 is 0 Å². The molecule has 6 nitrogen and oxygen atoms in total. The Morgan fingerprint density at radius 2 is 2.08 bits per heavy atom. The van der Waals surface area contributed by atoms with Gasteiger partial charge in [-0.1, -0.05) is 30.3 Å². The van der Waals surface area contributed by atoms with E-state index in [4.69, 9.17) is 5.21 Å². The van der Waals surface area contributed by atoms with E-state index < -0.39 is 5.91 Å². The lowest BCUT2D eigenvalue weighted by molar-refractivity contribution is -0.124. The van der Waals surface area contributed by atoms with Gasteiger partial charge >= 0.3 is 0 Å². The summed E-state index contributed by atoms with van der Waals surface area (Å²) in [7, 11) is 0. The van der Waals surface area contributed by atoms with Gasteiger partial charge in [-0.15, -0.1) is 0 Å². The second-order valence-corrected chi connectivity index (χ2v) is 5.79. The van der Waals surface area contributed by atoms with Crippen LogP contribution in [0.25, 0.3) is 6.08 Å². The van der Waals surface area contributed by atoms with Crippen LogP contribution in [0.15, 0.2) is 54.7 Å². The molecular formula is C18H20N4O2. The van der Waals surface area contributed by atoms with E-state index in [0.29, 0.717) is 0 Å². The van der Waals surface area contributed by atoms with E-state index in [9.17, 15) is 4.79 Å². The van der Waals surface area contributed by atoms with Crippen molar-refractivity contribution in [3.8, 4) is 0 Å². The van der Waals surface area contributed by atoms with Crippen LogP contribution in [0.3, 0.4) is 0 Å². The molecule has 6 heteroatoms. The number of carbonyl (C=O) groups excluding carboxylic acids is 1. The highest BCUT2D eigenvalue weighted by Gasteiger charge is 2.35. The van der Waals surface area contributed by atoms with E-state index in [1.807, 2.05) is 30.3 Å². The molecule has 1 amide bonds. The monoisotopic (exact) mass is 324 g/mol. The normalized spacial score (nSPS) is 20.2. The Kier molecular flexibility index (Phi) is 4.88. The van der Waals surface area contributed by atoms with Crippen molar-refractivity contribution < 1.29 is 10.0 Å². The van der Waals surface area contributed by atoms with Gasteiger partial charge in [0.25, 0.3) is 5.91 Å². The summed E-state index contributed by atoms with van der Waals surface area (Å²) in [5, 5.41) is 15.4. The van der Waals surface area contributed by atoms with Gasteiger partial charge in [-0.05, 0) is 42.3 Å². The molecule has 2 aromatic rings. The third-order valence-electron chi connectivity index (χ3n) is 4.17. The predicted octanol–water partition coefficient (Wildman–Crippen LogP) is 1.90. The molecule has 3 rings (SSSR count). The number of hydroxylamine groups is 1. The fraction of sp³-hybridized carbons (Fsp3) is 0.222. The number of aromatic nitrogens is 1. The molecule has 24 heavy (non-hydrogen) atoms. The fourth-order valence-corrected chi connectivity index (χ4v) is 2.91. The molecule has 4 N–H and O–H groups in total. The minimum atomic E-state index is -0.572. The molecule has 0 aliphatic carbocycles. The lowest BCUT2D eigenvalue weighted by atomic mass is 9.89. The number of hydrogen-bond acceptors (Lipinski definition) is 5. The quantitative estimate of drug-likeness (QED) is 0.383. The second kappa shape index (κ2) is 7.25. The maximum Gasteiger partial charge on any atom is 0.267 e. The van der Waals surface area contributed by atoms with Gasteiger partial charge in [0, 0.05) is 18.8 Å². The minimum Gasteiger partial charge on any atom is -0.359 e. The third kappa shape index (κ3) is 3.61. The summed E-state index contributed by atoms with van der Waals surface area (Å²) in [6, 6.07) is 14.1. The van der Waals surface area contributed by atoms with E-state index in [2.05, 4.69) is 27.8 Å². The Morgan fingerprint density at radius 1 is 1.25 bits per heavy atom. The molecule has 1 aliphatic heterocycles. The predicted molar refractivity (Wildman–Crippen MR) is 92.4 cm³/mol. The first kappa shape index (κ1) is 16.2. The van der Waals surface area contributed by atoms with E-state index in [1.54, 1.807) is 17.8 Å². The van der Waals surface area contributed by atoms with E-state index in [-0.39, 0.29) is 5.54 Å². The lowest BCUT2D eigenvalue weighted by Crippen LogP contribution is -2.37. The zero-order chi connectivity index (χ0) is 16.8. The van der Waals surface area contributed by atoms with Crippen LogP contribution in [0.4, 0.5) is 5.82 Å². The second-order valence-electron chi connectivity index (χ2n) is 5.79. The summed E-state index contributed by atoms with van der Waals surface area (Å²) >= 11 is 0. The first-order chi connectivity index (χ1) is 11.7. The number of rotatable bonds is 5. The molecule has 1 aromatic heterocycles. The smallest absolute Gasteiger partial charge is 0.267 e. The Balaban J connectivity index is 1.77. The van der Waals surface area contributed by atoms with Gasteiger partial charge in [0.2, 0.25) is 0 Å². The van der Waals surface area contributed by atoms with Crippen molar-refractivity contribution in [1.82, 2.24) is 15.8 Å². The fourth-order valence-electron chi connectivity index (χ4n) is 2.91. The van der Waals surface area contributed by atoms with Crippen LogP contribution in [-0.2, 0) is 10.3 Å². The van der Waals surface area contributed by atoms with Crippen LogP contribution in [0, 0.1) is 0 Å². The maximum absolute atomic E-state index is 11.0. The van der Waals surface area contributed by atoms with Gasteiger partial charge in [-0.3, -0.25) is 10.0 Å². The van der Waals surface area contributed by atoms with Gasteiger partial charge in [0.05, 0.1) is 5.54 Å². The number of anilines is 1. The number of pyridine rings is 1. The summed E-state index contributed by atoms with van der Waals surface area (Å²) in [6.45, 7) is 1.80. The lowest BCUT2D eigenvalue weighted by Gasteiger charge is -2.31. The molecule has 1 saturated heterocycles. The van der Waals surface area contributed by atoms with Crippen molar-refractivity contribution >= 4 is 17.8 Å². The van der Waals surface area contributed by atoms with Gasteiger partial charge in [-0.25, -0.2) is 10.5 Å². The third-order valence-corrected chi connectivity index (χ3v) is 4.17. The number of nitrogens with zero attached hydrogens (tertiary/aromatic N) is 1. The molecule has 1 fully saturated rings. The topological polar surface area (TPSA) is 86.3 Å². The molecule has 0 saturated carbocycles. The van der Waals surface area contributed by atoms with Gasteiger partial charge in [-0.2, -0.15) is 0 Å². The van der Waals surface area contributed by atoms with E-state index >= 15 is 0 Å². The molecule has 124 valence electrons. The average Bonchev–Trinajstić information content (AvgIpc) is 3.11. The van der Waals surface area contributed by atoms with Gasteiger partial charge in [0.1, 0.15) is 5.82 Å². The van der Waals surface area contributed by atoms with Crippen LogP contribution in [0.1, 0.15) is 17.5 Å². The first-order valence-corrected chi connectivity index (χ1v) is 7.84. The number of amides is 1. The molecule has 0 bridgehead atoms. The summed E-state index contributed by atoms with van der Waals surface area (Å²) < 4.78 is 0. The Hall–Kier alpha value is -2.70. The zero-order valence-electron chi connectivity index (χ0n) is 13.2. The number of nitrogens with one attached hydrogen (secondary N) is 3. The number of hydrogen-bond donors (Lipinski definition) is 4. The highest BCUT2D eigenvalue weighted by atomic mass is 16.5. The average molecular weight is 324 g/mol. The zero-order valence-corrected chi connectivity index (χ0v) is 13.2. The Morgan fingerprint density at radius 3 is 2.71 bits per heavy atom. The van der Waals surface area contributed by atoms with Crippen molar-refractivity contribution in [1.29, 1.82) is 0 Å². The van der Waals surface area contributed by atoms with Crippen LogP contribution in [-0.4, -0.2) is 29.2 Å². The molecule has 2 heterocycles. The van der Waals surface area contributed by atoms with Crippen LogP contribution < -0.4 is 16.1 Å². The first-order valence-electron chi connectivity index (χ1n) is 7.84. The van der Waals surface area contributed by atoms with Gasteiger partial charge < -0.3 is 10.6 Å². The largest absolute Gasteiger partial charge is 0.359 e. The van der Waals surface area contributed by atoms with Crippen molar-refractivity contribution in [2.45, 2.75) is 12.0 Å². The summed E-state index contributed by atoms with van der Waals surface area (Å²) in [5.41, 5.74) is 3.40. The summed E-state index contributed by atoms with van der Waals surface area (Å²) in [4.78, 5) is 15.4. The Labute approximate surface area is 140 Å². The summed E-state index contributed by atoms with van der Waals surface area (Å²) in [6.07, 6.45) is 5.50. The van der Waals surface area contributed by atoms with Crippen molar-refractivity contribution in [2.24, 2.45) is 0 Å². The molecule has 1 aliphatic rings. The summed E-state index contributed by atoms with van der Waals surface area (Å²) in [5.74, 6) is 0.212. The van der Waals surface area contributed by atoms with Crippen LogP contribution in [0.5, 0.6) is 0 Å². The van der Waals surface area contributed by atoms with Gasteiger partial charge in [0.15, 0.2) is 0 Å². The maximum atomic E-state index is 11.0. The van der Waals surface area contributed by atoms with E-state index in [0.717, 1.165) is 30.9 Å². The highest BCUT2D eigenvalue weighted by Crippen LogP contribution is 2.31. The number of benzene rings is 1. The van der Waals surface area contributed by atoms with Crippen LogP contribution in [0.2, 0.25) is 0 Å². The number of carbonyl (C=O) groups is 1. The minimum absolute atomic E-state index is 0.164. The molecule has 0 spiro atoms. The molecule has 0 unspecified atom stereocenters. The van der Waals surface area contributed by atoms with Crippen molar-refractivity contribution in [2.75, 3.05) is 18.4 Å². The SMILES string of the molecule is O=C(/C=C/c1ccc(N[C@@]2(c3ccccc3)CCNC2)nc1)NO. The molecule has 1 aromatic carbocycles.